The summed E-state index contributed by atoms with van der Waals surface area (Å²) in [6, 6.07) is 2.04. The molecule has 0 spiro atoms. The number of ether oxygens (including phenoxy) is 1. The van der Waals surface area contributed by atoms with Crippen molar-refractivity contribution in [2.24, 2.45) is 0 Å². The van der Waals surface area contributed by atoms with Gasteiger partial charge in [0.2, 0.25) is 0 Å². The standard InChI is InChI=1S/C13H19NO2S/c1-4-11-7-12(17-10(11)3)13(15)14-5-6-16-9(2)8-14/h7,9H,4-6,8H2,1-3H3. The third-order valence-electron chi connectivity index (χ3n) is 3.14. The molecule has 1 atom stereocenters. The summed E-state index contributed by atoms with van der Waals surface area (Å²) in [6.07, 6.45) is 1.15. The molecule has 0 bridgehead atoms. The van der Waals surface area contributed by atoms with Crippen LogP contribution in [0.2, 0.25) is 0 Å². The van der Waals surface area contributed by atoms with Gasteiger partial charge in [0.1, 0.15) is 0 Å². The van der Waals surface area contributed by atoms with Crippen LogP contribution in [0.15, 0.2) is 6.07 Å². The summed E-state index contributed by atoms with van der Waals surface area (Å²) in [7, 11) is 0. The van der Waals surface area contributed by atoms with E-state index in [2.05, 4.69) is 13.8 Å². The van der Waals surface area contributed by atoms with Crippen molar-refractivity contribution >= 4 is 17.2 Å². The van der Waals surface area contributed by atoms with Crippen molar-refractivity contribution < 1.29 is 9.53 Å². The lowest BCUT2D eigenvalue weighted by Gasteiger charge is -2.30. The second kappa shape index (κ2) is 5.19. The molecule has 1 aromatic heterocycles. The van der Waals surface area contributed by atoms with Crippen molar-refractivity contribution in [3.8, 4) is 0 Å². The summed E-state index contributed by atoms with van der Waals surface area (Å²) >= 11 is 1.61. The Morgan fingerprint density at radius 2 is 2.41 bits per heavy atom. The molecular formula is C13H19NO2S. The number of rotatable bonds is 2. The number of morpholine rings is 1. The SMILES string of the molecule is CCc1cc(C(=O)N2CCOC(C)C2)sc1C. The first-order valence-corrected chi connectivity index (χ1v) is 6.93. The third-order valence-corrected chi connectivity index (χ3v) is 4.22. The molecule has 2 rings (SSSR count). The fourth-order valence-corrected chi connectivity index (χ4v) is 3.22. The Morgan fingerprint density at radius 1 is 1.65 bits per heavy atom. The van der Waals surface area contributed by atoms with E-state index in [4.69, 9.17) is 4.74 Å². The number of carbonyl (C=O) groups is 1. The Balaban J connectivity index is 2.13. The van der Waals surface area contributed by atoms with Crippen LogP contribution in [0, 0.1) is 6.92 Å². The lowest BCUT2D eigenvalue weighted by Crippen LogP contribution is -2.44. The average Bonchev–Trinajstić information content (AvgIpc) is 2.69. The highest BCUT2D eigenvalue weighted by Gasteiger charge is 2.23. The lowest BCUT2D eigenvalue weighted by molar-refractivity contribution is -0.0122. The van der Waals surface area contributed by atoms with E-state index in [1.807, 2.05) is 17.9 Å². The number of amides is 1. The van der Waals surface area contributed by atoms with E-state index < -0.39 is 0 Å². The summed E-state index contributed by atoms with van der Waals surface area (Å²) in [5, 5.41) is 0. The highest BCUT2D eigenvalue weighted by atomic mass is 32.1. The lowest BCUT2D eigenvalue weighted by atomic mass is 10.2. The molecule has 0 N–H and O–H groups in total. The predicted octanol–water partition coefficient (Wildman–Crippen LogP) is 2.48. The molecule has 1 aliphatic heterocycles. The van der Waals surface area contributed by atoms with Crippen LogP contribution < -0.4 is 0 Å². The number of hydrogen-bond donors (Lipinski definition) is 0. The fourth-order valence-electron chi connectivity index (χ4n) is 2.13. The normalized spacial score (nSPS) is 20.6. The zero-order valence-corrected chi connectivity index (χ0v) is 11.5. The Bertz CT molecular complexity index is 414. The minimum Gasteiger partial charge on any atom is -0.375 e. The van der Waals surface area contributed by atoms with E-state index in [0.29, 0.717) is 19.7 Å². The second-order valence-corrected chi connectivity index (χ2v) is 5.73. The van der Waals surface area contributed by atoms with Gasteiger partial charge in [-0.15, -0.1) is 11.3 Å². The van der Waals surface area contributed by atoms with Crippen LogP contribution in [0.4, 0.5) is 0 Å². The summed E-state index contributed by atoms with van der Waals surface area (Å²) in [6.45, 7) is 8.29. The Morgan fingerprint density at radius 3 is 3.00 bits per heavy atom. The molecule has 3 nitrogen and oxygen atoms in total. The number of aryl methyl sites for hydroxylation is 2. The first-order valence-electron chi connectivity index (χ1n) is 6.12. The molecular weight excluding hydrogens is 234 g/mol. The summed E-state index contributed by atoms with van der Waals surface area (Å²) in [5.74, 6) is 0.160. The van der Waals surface area contributed by atoms with Crippen LogP contribution in [0.25, 0.3) is 0 Å². The third kappa shape index (κ3) is 2.69. The molecule has 17 heavy (non-hydrogen) atoms. The molecule has 1 aliphatic rings. The smallest absolute Gasteiger partial charge is 0.264 e. The van der Waals surface area contributed by atoms with Crippen molar-refractivity contribution in [2.75, 3.05) is 19.7 Å². The second-order valence-electron chi connectivity index (χ2n) is 4.48. The highest BCUT2D eigenvalue weighted by molar-refractivity contribution is 7.14. The maximum absolute atomic E-state index is 12.3. The van der Waals surface area contributed by atoms with Crippen molar-refractivity contribution in [2.45, 2.75) is 33.3 Å². The van der Waals surface area contributed by atoms with Crippen LogP contribution in [0.1, 0.15) is 34.0 Å². The molecule has 0 aromatic carbocycles. The van der Waals surface area contributed by atoms with Gasteiger partial charge in [-0.05, 0) is 31.9 Å². The summed E-state index contributed by atoms with van der Waals surface area (Å²) < 4.78 is 5.45. The molecule has 94 valence electrons. The molecule has 1 saturated heterocycles. The minimum atomic E-state index is 0.152. The van der Waals surface area contributed by atoms with Gasteiger partial charge >= 0.3 is 0 Å². The van der Waals surface area contributed by atoms with Gasteiger partial charge < -0.3 is 9.64 Å². The molecule has 0 aliphatic carbocycles. The minimum absolute atomic E-state index is 0.152. The van der Waals surface area contributed by atoms with Gasteiger partial charge in [-0.1, -0.05) is 6.92 Å². The van der Waals surface area contributed by atoms with E-state index in [1.165, 1.54) is 10.4 Å². The zero-order chi connectivity index (χ0) is 12.4. The monoisotopic (exact) mass is 253 g/mol. The van der Waals surface area contributed by atoms with E-state index in [1.54, 1.807) is 11.3 Å². The number of thiophene rings is 1. The van der Waals surface area contributed by atoms with Crippen molar-refractivity contribution in [1.82, 2.24) is 4.90 Å². The molecule has 1 amide bonds. The molecule has 0 radical (unpaired) electrons. The Kier molecular flexibility index (Phi) is 3.84. The molecule has 0 saturated carbocycles. The van der Waals surface area contributed by atoms with E-state index >= 15 is 0 Å². The summed E-state index contributed by atoms with van der Waals surface area (Å²) in [5.41, 5.74) is 1.29. The van der Waals surface area contributed by atoms with Gasteiger partial charge in [-0.3, -0.25) is 4.79 Å². The van der Waals surface area contributed by atoms with Gasteiger partial charge in [0.25, 0.3) is 5.91 Å². The van der Waals surface area contributed by atoms with Crippen LogP contribution in [0.5, 0.6) is 0 Å². The quantitative estimate of drug-likeness (QED) is 0.810. The molecule has 2 heterocycles. The first-order chi connectivity index (χ1) is 8.11. The number of carbonyl (C=O) groups excluding carboxylic acids is 1. The Hall–Kier alpha value is -0.870. The van der Waals surface area contributed by atoms with Gasteiger partial charge in [0.05, 0.1) is 17.6 Å². The van der Waals surface area contributed by atoms with Crippen LogP contribution in [0.3, 0.4) is 0 Å². The predicted molar refractivity (Wildman–Crippen MR) is 69.8 cm³/mol. The van der Waals surface area contributed by atoms with Crippen LogP contribution >= 0.6 is 11.3 Å². The molecule has 1 fully saturated rings. The highest BCUT2D eigenvalue weighted by Crippen LogP contribution is 2.24. The van der Waals surface area contributed by atoms with Gasteiger partial charge in [0.15, 0.2) is 0 Å². The zero-order valence-electron chi connectivity index (χ0n) is 10.7. The average molecular weight is 253 g/mol. The van der Waals surface area contributed by atoms with Crippen LogP contribution in [-0.2, 0) is 11.2 Å². The largest absolute Gasteiger partial charge is 0.375 e. The van der Waals surface area contributed by atoms with E-state index in [0.717, 1.165) is 11.3 Å². The molecule has 1 unspecified atom stereocenters. The van der Waals surface area contributed by atoms with Gasteiger partial charge in [-0.2, -0.15) is 0 Å². The van der Waals surface area contributed by atoms with E-state index in [-0.39, 0.29) is 12.0 Å². The fraction of sp³-hybridized carbons (Fsp3) is 0.615. The van der Waals surface area contributed by atoms with Crippen molar-refractivity contribution in [3.63, 3.8) is 0 Å². The topological polar surface area (TPSA) is 29.5 Å². The van der Waals surface area contributed by atoms with E-state index in [9.17, 15) is 4.79 Å². The molecule has 4 heteroatoms. The molecule has 1 aromatic rings. The van der Waals surface area contributed by atoms with Gasteiger partial charge in [-0.25, -0.2) is 0 Å². The van der Waals surface area contributed by atoms with Crippen molar-refractivity contribution in [1.29, 1.82) is 0 Å². The first kappa shape index (κ1) is 12.6. The summed E-state index contributed by atoms with van der Waals surface area (Å²) in [4.78, 5) is 16.3. The maximum atomic E-state index is 12.3. The number of nitrogens with zero attached hydrogens (tertiary/aromatic N) is 1. The van der Waals surface area contributed by atoms with Crippen molar-refractivity contribution in [3.05, 3.63) is 21.4 Å². The maximum Gasteiger partial charge on any atom is 0.264 e. The Labute approximate surface area is 106 Å². The van der Waals surface area contributed by atoms with Crippen LogP contribution in [-0.4, -0.2) is 36.6 Å². The number of hydrogen-bond acceptors (Lipinski definition) is 3. The van der Waals surface area contributed by atoms with Gasteiger partial charge in [0, 0.05) is 18.0 Å².